The molecule has 3 rings (SSSR count). The summed E-state index contributed by atoms with van der Waals surface area (Å²) >= 11 is 6.01. The SMILES string of the molecule is CC1C(=O)N(Cc2ccccc2)c2ccc(Cl)cc21. The van der Waals surface area contributed by atoms with E-state index in [2.05, 4.69) is 0 Å². The lowest BCUT2D eigenvalue weighted by atomic mass is 10.0. The second-order valence-electron chi connectivity index (χ2n) is 4.83. The highest BCUT2D eigenvalue weighted by molar-refractivity contribution is 6.31. The summed E-state index contributed by atoms with van der Waals surface area (Å²) in [7, 11) is 0. The molecule has 1 amide bonds. The molecule has 1 unspecified atom stereocenters. The molecule has 0 aromatic heterocycles. The predicted octanol–water partition coefficient (Wildman–Crippen LogP) is 3.99. The Kier molecular flexibility index (Phi) is 3.03. The number of fused-ring (bicyclic) bond motifs is 1. The minimum atomic E-state index is -0.114. The first kappa shape index (κ1) is 12.2. The van der Waals surface area contributed by atoms with Gasteiger partial charge in [0.05, 0.1) is 12.5 Å². The number of carbonyl (C=O) groups is 1. The third kappa shape index (κ3) is 2.13. The molecule has 19 heavy (non-hydrogen) atoms. The van der Waals surface area contributed by atoms with Gasteiger partial charge in [-0.15, -0.1) is 0 Å². The summed E-state index contributed by atoms with van der Waals surface area (Å²) in [6.07, 6.45) is 0. The van der Waals surface area contributed by atoms with E-state index in [-0.39, 0.29) is 11.8 Å². The molecular weight excluding hydrogens is 258 g/mol. The van der Waals surface area contributed by atoms with Gasteiger partial charge in [0.2, 0.25) is 5.91 Å². The molecule has 1 heterocycles. The van der Waals surface area contributed by atoms with Crippen LogP contribution in [0.3, 0.4) is 0 Å². The summed E-state index contributed by atoms with van der Waals surface area (Å²) in [6, 6.07) is 15.7. The zero-order valence-corrected chi connectivity index (χ0v) is 11.4. The smallest absolute Gasteiger partial charge is 0.234 e. The number of nitrogens with zero attached hydrogens (tertiary/aromatic N) is 1. The molecule has 1 aliphatic rings. The normalized spacial score (nSPS) is 17.7. The second-order valence-corrected chi connectivity index (χ2v) is 5.27. The van der Waals surface area contributed by atoms with E-state index in [0.717, 1.165) is 16.8 Å². The summed E-state index contributed by atoms with van der Waals surface area (Å²) in [5, 5.41) is 0.681. The molecule has 0 saturated carbocycles. The standard InChI is InChI=1S/C16H14ClNO/c1-11-14-9-13(17)7-8-15(14)18(16(11)19)10-12-5-3-2-4-6-12/h2-9,11H,10H2,1H3. The van der Waals surface area contributed by atoms with Crippen LogP contribution in [-0.4, -0.2) is 5.91 Å². The van der Waals surface area contributed by atoms with Crippen LogP contribution in [0, 0.1) is 0 Å². The summed E-state index contributed by atoms with van der Waals surface area (Å²) in [4.78, 5) is 14.2. The highest BCUT2D eigenvalue weighted by atomic mass is 35.5. The molecule has 96 valence electrons. The van der Waals surface area contributed by atoms with Gasteiger partial charge in [-0.1, -0.05) is 41.9 Å². The Bertz CT molecular complexity index is 624. The maximum atomic E-state index is 12.4. The van der Waals surface area contributed by atoms with Crippen LogP contribution in [0.15, 0.2) is 48.5 Å². The van der Waals surface area contributed by atoms with Crippen molar-refractivity contribution in [1.82, 2.24) is 0 Å². The second kappa shape index (κ2) is 4.71. The van der Waals surface area contributed by atoms with Crippen molar-refractivity contribution in [2.75, 3.05) is 4.90 Å². The largest absolute Gasteiger partial charge is 0.307 e. The first-order valence-corrected chi connectivity index (χ1v) is 6.69. The van der Waals surface area contributed by atoms with Crippen molar-refractivity contribution in [2.24, 2.45) is 0 Å². The van der Waals surface area contributed by atoms with E-state index in [1.54, 1.807) is 0 Å². The zero-order chi connectivity index (χ0) is 13.4. The van der Waals surface area contributed by atoms with Crippen molar-refractivity contribution in [3.8, 4) is 0 Å². The van der Waals surface area contributed by atoms with Crippen molar-refractivity contribution in [2.45, 2.75) is 19.4 Å². The topological polar surface area (TPSA) is 20.3 Å². The molecule has 0 N–H and O–H groups in total. The molecule has 2 nitrogen and oxygen atoms in total. The van der Waals surface area contributed by atoms with E-state index in [0.29, 0.717) is 11.6 Å². The molecule has 0 aliphatic carbocycles. The van der Waals surface area contributed by atoms with Crippen LogP contribution in [0.4, 0.5) is 5.69 Å². The molecule has 3 heteroatoms. The average molecular weight is 272 g/mol. The van der Waals surface area contributed by atoms with Crippen LogP contribution < -0.4 is 4.90 Å². The monoisotopic (exact) mass is 271 g/mol. The van der Waals surface area contributed by atoms with Gasteiger partial charge >= 0.3 is 0 Å². The van der Waals surface area contributed by atoms with E-state index in [1.165, 1.54) is 0 Å². The van der Waals surface area contributed by atoms with E-state index >= 15 is 0 Å². The fourth-order valence-electron chi connectivity index (χ4n) is 2.53. The minimum Gasteiger partial charge on any atom is -0.307 e. The Balaban J connectivity index is 1.98. The average Bonchev–Trinajstić information content (AvgIpc) is 2.65. The van der Waals surface area contributed by atoms with Crippen molar-refractivity contribution in [3.05, 3.63) is 64.7 Å². The molecule has 0 fully saturated rings. The Morgan fingerprint density at radius 3 is 2.63 bits per heavy atom. The van der Waals surface area contributed by atoms with Crippen molar-refractivity contribution in [3.63, 3.8) is 0 Å². The number of rotatable bonds is 2. The van der Waals surface area contributed by atoms with Gasteiger partial charge < -0.3 is 4.90 Å². The van der Waals surface area contributed by atoms with E-state index < -0.39 is 0 Å². The van der Waals surface area contributed by atoms with E-state index in [9.17, 15) is 4.79 Å². The summed E-state index contributed by atoms with van der Waals surface area (Å²) in [5.74, 6) is 0.0264. The maximum Gasteiger partial charge on any atom is 0.234 e. The first-order valence-electron chi connectivity index (χ1n) is 6.31. The molecule has 0 radical (unpaired) electrons. The number of carbonyl (C=O) groups excluding carboxylic acids is 1. The van der Waals surface area contributed by atoms with Gasteiger partial charge in [0.25, 0.3) is 0 Å². The number of benzene rings is 2. The van der Waals surface area contributed by atoms with Gasteiger partial charge in [-0.2, -0.15) is 0 Å². The molecule has 2 aromatic carbocycles. The van der Waals surface area contributed by atoms with E-state index in [1.807, 2.05) is 60.4 Å². The van der Waals surface area contributed by atoms with Gasteiger partial charge in [-0.3, -0.25) is 4.79 Å². The predicted molar refractivity (Wildman–Crippen MR) is 77.5 cm³/mol. The summed E-state index contributed by atoms with van der Waals surface area (Å²) in [5.41, 5.74) is 3.13. The lowest BCUT2D eigenvalue weighted by Crippen LogP contribution is -2.27. The Labute approximate surface area is 117 Å². The minimum absolute atomic E-state index is 0.114. The molecule has 0 bridgehead atoms. The lowest BCUT2D eigenvalue weighted by Gasteiger charge is -2.17. The van der Waals surface area contributed by atoms with E-state index in [4.69, 9.17) is 11.6 Å². The number of amides is 1. The van der Waals surface area contributed by atoms with Crippen molar-refractivity contribution >= 4 is 23.2 Å². The Morgan fingerprint density at radius 1 is 1.16 bits per heavy atom. The van der Waals surface area contributed by atoms with Crippen LogP contribution in [0.2, 0.25) is 5.02 Å². The van der Waals surface area contributed by atoms with Crippen molar-refractivity contribution in [1.29, 1.82) is 0 Å². The third-order valence-corrected chi connectivity index (χ3v) is 3.80. The fourth-order valence-corrected chi connectivity index (χ4v) is 2.71. The molecule has 2 aromatic rings. The number of halogens is 1. The van der Waals surface area contributed by atoms with Gasteiger partial charge in [-0.25, -0.2) is 0 Å². The molecule has 1 atom stereocenters. The van der Waals surface area contributed by atoms with Crippen LogP contribution >= 0.6 is 11.6 Å². The lowest BCUT2D eigenvalue weighted by molar-refractivity contribution is -0.119. The molecule has 1 aliphatic heterocycles. The summed E-state index contributed by atoms with van der Waals surface area (Å²) in [6.45, 7) is 2.54. The highest BCUT2D eigenvalue weighted by Crippen LogP contribution is 2.39. The van der Waals surface area contributed by atoms with Gasteiger partial charge in [-0.05, 0) is 36.2 Å². The third-order valence-electron chi connectivity index (χ3n) is 3.57. The van der Waals surface area contributed by atoms with Gasteiger partial charge in [0.15, 0.2) is 0 Å². The maximum absolute atomic E-state index is 12.4. The van der Waals surface area contributed by atoms with Crippen LogP contribution in [0.5, 0.6) is 0 Å². The number of hydrogen-bond acceptors (Lipinski definition) is 1. The zero-order valence-electron chi connectivity index (χ0n) is 10.6. The first-order chi connectivity index (χ1) is 9.16. The Hall–Kier alpha value is -1.80. The van der Waals surface area contributed by atoms with Gasteiger partial charge in [0.1, 0.15) is 0 Å². The van der Waals surface area contributed by atoms with Crippen molar-refractivity contribution < 1.29 is 4.79 Å². The molecule has 0 saturated heterocycles. The molecule has 0 spiro atoms. The van der Waals surface area contributed by atoms with Crippen LogP contribution in [0.1, 0.15) is 24.0 Å². The van der Waals surface area contributed by atoms with Gasteiger partial charge in [0, 0.05) is 10.7 Å². The van der Waals surface area contributed by atoms with Crippen LogP contribution in [-0.2, 0) is 11.3 Å². The Morgan fingerprint density at radius 2 is 1.89 bits per heavy atom. The fraction of sp³-hybridized carbons (Fsp3) is 0.188. The number of hydrogen-bond donors (Lipinski definition) is 0. The quantitative estimate of drug-likeness (QED) is 0.809. The molecular formula is C16H14ClNO. The number of anilines is 1. The summed E-state index contributed by atoms with van der Waals surface area (Å²) < 4.78 is 0. The highest BCUT2D eigenvalue weighted by Gasteiger charge is 2.34. The van der Waals surface area contributed by atoms with Crippen LogP contribution in [0.25, 0.3) is 0 Å².